The predicted molar refractivity (Wildman–Crippen MR) is 78.4 cm³/mol. The van der Waals surface area contributed by atoms with Crippen molar-refractivity contribution < 1.29 is 4.74 Å². The molecule has 0 amide bonds. The Kier molecular flexibility index (Phi) is 14.4. The van der Waals surface area contributed by atoms with Crippen LogP contribution < -0.4 is 5.32 Å². The first kappa shape index (κ1) is 18.5. The number of ether oxygens (including phenoxy) is 1. The summed E-state index contributed by atoms with van der Waals surface area (Å²) >= 11 is 0. The summed E-state index contributed by atoms with van der Waals surface area (Å²) in [6.07, 6.45) is 5.59. The Morgan fingerprint density at radius 2 is 1.88 bits per heavy atom. The maximum Gasteiger partial charge on any atom is 0.0974 e. The number of nitrogens with one attached hydrogen (secondary N) is 1. The monoisotopic (exact) mass is 239 g/mol. The average Bonchev–Trinajstić information content (AvgIpc) is 2.36. The maximum atomic E-state index is 5.71. The summed E-state index contributed by atoms with van der Waals surface area (Å²) in [6.45, 7) is 19.3. The Balaban J connectivity index is 0. The van der Waals surface area contributed by atoms with E-state index in [0.717, 1.165) is 12.1 Å². The summed E-state index contributed by atoms with van der Waals surface area (Å²) in [5.41, 5.74) is 1.07. The quantitative estimate of drug-likeness (QED) is 0.652. The van der Waals surface area contributed by atoms with Crippen LogP contribution in [0.4, 0.5) is 0 Å². The van der Waals surface area contributed by atoms with E-state index >= 15 is 0 Å². The van der Waals surface area contributed by atoms with Gasteiger partial charge in [0.1, 0.15) is 0 Å². The third-order valence-corrected chi connectivity index (χ3v) is 2.20. The number of hydrogen-bond acceptors (Lipinski definition) is 2. The number of rotatable bonds is 8. The molecule has 0 aromatic rings. The smallest absolute Gasteiger partial charge is 0.0974 e. The number of allylic oxidation sites excluding steroid dienone is 2. The zero-order valence-electron chi connectivity index (χ0n) is 12.1. The van der Waals surface area contributed by atoms with Crippen molar-refractivity contribution in [1.82, 2.24) is 5.32 Å². The highest BCUT2D eigenvalue weighted by Gasteiger charge is 2.18. The Bertz CT molecular complexity index is 221. The van der Waals surface area contributed by atoms with Gasteiger partial charge >= 0.3 is 0 Å². The van der Waals surface area contributed by atoms with Gasteiger partial charge in [-0.2, -0.15) is 0 Å². The van der Waals surface area contributed by atoms with E-state index in [0.29, 0.717) is 6.61 Å². The van der Waals surface area contributed by atoms with Crippen molar-refractivity contribution in [2.45, 2.75) is 46.8 Å². The zero-order chi connectivity index (χ0) is 13.7. The normalized spacial score (nSPS) is 14.3. The summed E-state index contributed by atoms with van der Waals surface area (Å²) in [7, 11) is 0. The standard InChI is InChI=1S/C13H23NO.C2H6/c1-6-10-12(7-2)13(15-9-4)11(5)14-8-3;1-2/h6-7,10-11,13-14H,1-2,8-9H2,3-5H3;1-2H3/b12-10+;. The summed E-state index contributed by atoms with van der Waals surface area (Å²) < 4.78 is 5.71. The Hall–Kier alpha value is -0.860. The average molecular weight is 239 g/mol. The van der Waals surface area contributed by atoms with Crippen molar-refractivity contribution in [3.63, 3.8) is 0 Å². The van der Waals surface area contributed by atoms with Gasteiger partial charge in [-0.05, 0) is 26.0 Å². The molecule has 0 aromatic heterocycles. The minimum atomic E-state index is 0.0467. The Morgan fingerprint density at radius 1 is 1.29 bits per heavy atom. The molecule has 2 heteroatoms. The molecule has 0 saturated carbocycles. The van der Waals surface area contributed by atoms with E-state index in [2.05, 4.69) is 32.3 Å². The molecular weight excluding hydrogens is 210 g/mol. The highest BCUT2D eigenvalue weighted by molar-refractivity contribution is 5.26. The summed E-state index contributed by atoms with van der Waals surface area (Å²) in [5.74, 6) is 0. The molecule has 2 nitrogen and oxygen atoms in total. The molecule has 0 aromatic carbocycles. The predicted octanol–water partition coefficient (Wildman–Crippen LogP) is 3.71. The summed E-state index contributed by atoms with van der Waals surface area (Å²) in [4.78, 5) is 0. The van der Waals surface area contributed by atoms with E-state index < -0.39 is 0 Å². The highest BCUT2D eigenvalue weighted by atomic mass is 16.5. The minimum absolute atomic E-state index is 0.0467. The lowest BCUT2D eigenvalue weighted by atomic mass is 10.0. The molecule has 17 heavy (non-hydrogen) atoms. The van der Waals surface area contributed by atoms with Gasteiger partial charge in [0, 0.05) is 12.6 Å². The Labute approximate surface area is 107 Å². The lowest BCUT2D eigenvalue weighted by Crippen LogP contribution is -2.39. The largest absolute Gasteiger partial charge is 0.372 e. The molecule has 100 valence electrons. The molecule has 1 N–H and O–H groups in total. The first-order valence-corrected chi connectivity index (χ1v) is 6.51. The molecule has 0 fully saturated rings. The van der Waals surface area contributed by atoms with Crippen molar-refractivity contribution in [3.8, 4) is 0 Å². The molecule has 0 heterocycles. The van der Waals surface area contributed by atoms with Crippen molar-refractivity contribution in [3.05, 3.63) is 37.0 Å². The fourth-order valence-electron chi connectivity index (χ4n) is 1.55. The summed E-state index contributed by atoms with van der Waals surface area (Å²) in [5, 5.41) is 3.36. The minimum Gasteiger partial charge on any atom is -0.372 e. The summed E-state index contributed by atoms with van der Waals surface area (Å²) in [6, 6.07) is 0.277. The van der Waals surface area contributed by atoms with Crippen molar-refractivity contribution in [2.24, 2.45) is 0 Å². The van der Waals surface area contributed by atoms with Gasteiger partial charge in [0.25, 0.3) is 0 Å². The van der Waals surface area contributed by atoms with Crippen molar-refractivity contribution in [2.75, 3.05) is 13.2 Å². The van der Waals surface area contributed by atoms with Crippen LogP contribution in [0.15, 0.2) is 37.0 Å². The lowest BCUT2D eigenvalue weighted by molar-refractivity contribution is 0.0670. The van der Waals surface area contributed by atoms with Gasteiger partial charge in [0.05, 0.1) is 6.10 Å². The fraction of sp³-hybridized carbons (Fsp3) is 0.600. The van der Waals surface area contributed by atoms with Gasteiger partial charge < -0.3 is 10.1 Å². The molecule has 0 bridgehead atoms. The van der Waals surface area contributed by atoms with Gasteiger partial charge in [0.15, 0.2) is 0 Å². The lowest BCUT2D eigenvalue weighted by Gasteiger charge is -2.25. The van der Waals surface area contributed by atoms with Crippen LogP contribution in [0, 0.1) is 0 Å². The van der Waals surface area contributed by atoms with Crippen LogP contribution >= 0.6 is 0 Å². The van der Waals surface area contributed by atoms with Crippen molar-refractivity contribution >= 4 is 0 Å². The molecular formula is C15H29NO. The van der Waals surface area contributed by atoms with Gasteiger partial charge in [-0.15, -0.1) is 0 Å². The van der Waals surface area contributed by atoms with Crippen LogP contribution in [0.25, 0.3) is 0 Å². The molecule has 0 rings (SSSR count). The second kappa shape index (κ2) is 13.2. The third kappa shape index (κ3) is 7.94. The topological polar surface area (TPSA) is 21.3 Å². The van der Waals surface area contributed by atoms with Gasteiger partial charge in [-0.3, -0.25) is 0 Å². The zero-order valence-corrected chi connectivity index (χ0v) is 12.1. The first-order chi connectivity index (χ1) is 8.21. The highest BCUT2D eigenvalue weighted by Crippen LogP contribution is 2.13. The second-order valence-corrected chi connectivity index (χ2v) is 3.33. The van der Waals surface area contributed by atoms with Crippen LogP contribution in [0.2, 0.25) is 0 Å². The van der Waals surface area contributed by atoms with Gasteiger partial charge in [-0.25, -0.2) is 0 Å². The van der Waals surface area contributed by atoms with Gasteiger partial charge in [-0.1, -0.05) is 52.2 Å². The second-order valence-electron chi connectivity index (χ2n) is 3.33. The molecule has 2 unspecified atom stereocenters. The van der Waals surface area contributed by atoms with E-state index in [1.165, 1.54) is 0 Å². The SMILES string of the molecule is C=C/C=C(\C=C)C(OCC)C(C)NCC.CC. The van der Waals surface area contributed by atoms with E-state index in [1.807, 2.05) is 32.9 Å². The molecule has 0 aliphatic carbocycles. The van der Waals surface area contributed by atoms with E-state index in [9.17, 15) is 0 Å². The molecule has 0 aliphatic heterocycles. The van der Waals surface area contributed by atoms with Crippen LogP contribution in [-0.2, 0) is 4.74 Å². The molecule has 0 radical (unpaired) electrons. The first-order valence-electron chi connectivity index (χ1n) is 6.51. The van der Waals surface area contributed by atoms with E-state index in [4.69, 9.17) is 4.74 Å². The number of likely N-dealkylation sites (N-methyl/N-ethyl adjacent to an activating group) is 1. The van der Waals surface area contributed by atoms with Crippen LogP contribution in [0.1, 0.15) is 34.6 Å². The van der Waals surface area contributed by atoms with Crippen LogP contribution in [0.5, 0.6) is 0 Å². The van der Waals surface area contributed by atoms with Gasteiger partial charge in [0.2, 0.25) is 0 Å². The maximum absolute atomic E-state index is 5.71. The van der Waals surface area contributed by atoms with Crippen LogP contribution in [0.3, 0.4) is 0 Å². The molecule has 0 aliphatic rings. The van der Waals surface area contributed by atoms with E-state index in [1.54, 1.807) is 6.08 Å². The number of hydrogen-bond donors (Lipinski definition) is 1. The Morgan fingerprint density at radius 3 is 2.24 bits per heavy atom. The van der Waals surface area contributed by atoms with E-state index in [-0.39, 0.29) is 12.1 Å². The van der Waals surface area contributed by atoms with Crippen molar-refractivity contribution in [1.29, 1.82) is 0 Å². The van der Waals surface area contributed by atoms with Crippen LogP contribution in [-0.4, -0.2) is 25.3 Å². The molecule has 0 saturated heterocycles. The molecule has 2 atom stereocenters. The fourth-order valence-corrected chi connectivity index (χ4v) is 1.55. The third-order valence-electron chi connectivity index (χ3n) is 2.20. The molecule has 0 spiro atoms.